The van der Waals surface area contributed by atoms with Crippen molar-refractivity contribution in [2.24, 2.45) is 0 Å². The molecule has 1 aromatic rings. The van der Waals surface area contributed by atoms with E-state index in [9.17, 15) is 4.79 Å². The third-order valence-corrected chi connectivity index (χ3v) is 3.99. The van der Waals surface area contributed by atoms with Crippen LogP contribution in [0.15, 0.2) is 18.2 Å². The minimum absolute atomic E-state index is 0.193. The molecule has 1 rings (SSSR count). The summed E-state index contributed by atoms with van der Waals surface area (Å²) in [5, 5.41) is 1.29. The monoisotopic (exact) mass is 322 g/mol. The maximum Gasteiger partial charge on any atom is 0.306 e. The largest absolute Gasteiger partial charge is 0.491 e. The second kappa shape index (κ2) is 8.56. The first-order valence-corrected chi connectivity index (χ1v) is 7.59. The summed E-state index contributed by atoms with van der Waals surface area (Å²) in [7, 11) is 1.39. The van der Waals surface area contributed by atoms with E-state index in [0.717, 1.165) is 5.75 Å². The SMILES string of the molecule is COC(=O)CC(C)SCCOc1ccc(Cl)cc1Cl. The van der Waals surface area contributed by atoms with Gasteiger partial charge in [0, 0.05) is 16.0 Å². The Morgan fingerprint density at radius 3 is 2.79 bits per heavy atom. The van der Waals surface area contributed by atoms with Crippen LogP contribution in [-0.2, 0) is 9.53 Å². The van der Waals surface area contributed by atoms with Crippen molar-refractivity contribution in [2.75, 3.05) is 19.5 Å². The molecule has 1 unspecified atom stereocenters. The van der Waals surface area contributed by atoms with Crippen LogP contribution < -0.4 is 4.74 Å². The fourth-order valence-electron chi connectivity index (χ4n) is 1.37. The molecule has 0 aliphatic carbocycles. The first kappa shape index (κ1) is 16.5. The lowest BCUT2D eigenvalue weighted by molar-refractivity contribution is -0.140. The van der Waals surface area contributed by atoms with Crippen LogP contribution in [0.1, 0.15) is 13.3 Å². The molecule has 3 nitrogen and oxygen atoms in total. The second-order valence-corrected chi connectivity index (χ2v) is 6.27. The van der Waals surface area contributed by atoms with Gasteiger partial charge in [0.25, 0.3) is 0 Å². The molecule has 6 heteroatoms. The maximum absolute atomic E-state index is 11.1. The number of benzene rings is 1. The highest BCUT2D eigenvalue weighted by molar-refractivity contribution is 7.99. The molecule has 0 N–H and O–H groups in total. The number of hydrogen-bond acceptors (Lipinski definition) is 4. The standard InChI is InChI=1S/C13H16Cl2O3S/c1-9(7-13(16)17-2)19-6-5-18-12-4-3-10(14)8-11(12)15/h3-4,8-9H,5-7H2,1-2H3. The van der Waals surface area contributed by atoms with Crippen molar-refractivity contribution in [3.63, 3.8) is 0 Å². The number of ether oxygens (including phenoxy) is 2. The van der Waals surface area contributed by atoms with Gasteiger partial charge in [-0.3, -0.25) is 4.79 Å². The summed E-state index contributed by atoms with van der Waals surface area (Å²) in [6.07, 6.45) is 0.406. The fourth-order valence-corrected chi connectivity index (χ4v) is 2.67. The molecule has 1 atom stereocenters. The minimum atomic E-state index is -0.193. The van der Waals surface area contributed by atoms with Crippen LogP contribution in [0, 0.1) is 0 Å². The Kier molecular flexibility index (Phi) is 7.42. The van der Waals surface area contributed by atoms with Gasteiger partial charge >= 0.3 is 5.97 Å². The summed E-state index contributed by atoms with van der Waals surface area (Å²) >= 11 is 13.4. The molecule has 0 aromatic heterocycles. The van der Waals surface area contributed by atoms with Gasteiger partial charge in [-0.1, -0.05) is 30.1 Å². The zero-order valence-corrected chi connectivity index (χ0v) is 13.1. The van der Waals surface area contributed by atoms with Crippen LogP contribution in [0.25, 0.3) is 0 Å². The summed E-state index contributed by atoms with van der Waals surface area (Å²) in [5.74, 6) is 1.20. The second-order valence-electron chi connectivity index (χ2n) is 3.88. The number of rotatable bonds is 7. The predicted octanol–water partition coefficient (Wildman–Crippen LogP) is 4.06. The van der Waals surface area contributed by atoms with E-state index in [2.05, 4.69) is 4.74 Å². The van der Waals surface area contributed by atoms with E-state index in [1.165, 1.54) is 7.11 Å². The van der Waals surface area contributed by atoms with E-state index in [-0.39, 0.29) is 11.2 Å². The lowest BCUT2D eigenvalue weighted by Crippen LogP contribution is -2.11. The van der Waals surface area contributed by atoms with Gasteiger partial charge in [-0.2, -0.15) is 11.8 Å². The number of thioether (sulfide) groups is 1. The molecule has 106 valence electrons. The van der Waals surface area contributed by atoms with Gasteiger partial charge in [-0.15, -0.1) is 0 Å². The van der Waals surface area contributed by atoms with Crippen LogP contribution in [0.3, 0.4) is 0 Å². The quantitative estimate of drug-likeness (QED) is 0.560. The van der Waals surface area contributed by atoms with E-state index in [1.807, 2.05) is 6.92 Å². The lowest BCUT2D eigenvalue weighted by Gasteiger charge is -2.11. The van der Waals surface area contributed by atoms with Crippen molar-refractivity contribution < 1.29 is 14.3 Å². The molecule has 19 heavy (non-hydrogen) atoms. The fraction of sp³-hybridized carbons (Fsp3) is 0.462. The Morgan fingerprint density at radius 2 is 2.16 bits per heavy atom. The van der Waals surface area contributed by atoms with Crippen molar-refractivity contribution >= 4 is 40.9 Å². The molecular weight excluding hydrogens is 307 g/mol. The summed E-state index contributed by atoms with van der Waals surface area (Å²) in [4.78, 5) is 11.1. The van der Waals surface area contributed by atoms with Gasteiger partial charge in [-0.05, 0) is 18.2 Å². The highest BCUT2D eigenvalue weighted by Crippen LogP contribution is 2.27. The average molecular weight is 323 g/mol. The van der Waals surface area contributed by atoms with Crippen molar-refractivity contribution in [1.82, 2.24) is 0 Å². The third kappa shape index (κ3) is 6.41. The number of halogens is 2. The molecule has 0 aliphatic heterocycles. The Morgan fingerprint density at radius 1 is 1.42 bits per heavy atom. The van der Waals surface area contributed by atoms with Crippen molar-refractivity contribution in [3.05, 3.63) is 28.2 Å². The minimum Gasteiger partial charge on any atom is -0.491 e. The van der Waals surface area contributed by atoms with Gasteiger partial charge < -0.3 is 9.47 Å². The third-order valence-electron chi connectivity index (χ3n) is 2.32. The highest BCUT2D eigenvalue weighted by Gasteiger charge is 2.09. The van der Waals surface area contributed by atoms with E-state index >= 15 is 0 Å². The highest BCUT2D eigenvalue weighted by atomic mass is 35.5. The average Bonchev–Trinajstić information content (AvgIpc) is 2.36. The van der Waals surface area contributed by atoms with Gasteiger partial charge in [0.1, 0.15) is 5.75 Å². The van der Waals surface area contributed by atoms with Gasteiger partial charge in [0.15, 0.2) is 0 Å². The van der Waals surface area contributed by atoms with Gasteiger partial charge in [0.2, 0.25) is 0 Å². The Labute approximate surface area is 127 Å². The van der Waals surface area contributed by atoms with Crippen molar-refractivity contribution in [1.29, 1.82) is 0 Å². The molecule has 0 heterocycles. The van der Waals surface area contributed by atoms with E-state index < -0.39 is 0 Å². The van der Waals surface area contributed by atoms with Crippen LogP contribution >= 0.6 is 35.0 Å². The Bertz CT molecular complexity index is 426. The van der Waals surface area contributed by atoms with Gasteiger partial charge in [-0.25, -0.2) is 0 Å². The molecule has 0 bridgehead atoms. The molecule has 1 aromatic carbocycles. The molecule has 0 saturated heterocycles. The van der Waals surface area contributed by atoms with Crippen molar-refractivity contribution in [3.8, 4) is 5.75 Å². The van der Waals surface area contributed by atoms with E-state index in [4.69, 9.17) is 27.9 Å². The maximum atomic E-state index is 11.1. The van der Waals surface area contributed by atoms with Crippen LogP contribution in [0.2, 0.25) is 10.0 Å². The summed E-state index contributed by atoms with van der Waals surface area (Å²) in [6.45, 7) is 2.51. The summed E-state index contributed by atoms with van der Waals surface area (Å²) in [5.41, 5.74) is 0. The molecule has 0 saturated carbocycles. The first-order valence-electron chi connectivity index (χ1n) is 5.79. The van der Waals surface area contributed by atoms with Crippen LogP contribution in [0.5, 0.6) is 5.75 Å². The van der Waals surface area contributed by atoms with E-state index in [1.54, 1.807) is 30.0 Å². The zero-order valence-electron chi connectivity index (χ0n) is 10.8. The van der Waals surface area contributed by atoms with Crippen LogP contribution in [0.4, 0.5) is 0 Å². The normalized spacial score (nSPS) is 12.0. The smallest absolute Gasteiger partial charge is 0.306 e. The summed E-state index contributed by atoms with van der Waals surface area (Å²) < 4.78 is 10.2. The Balaban J connectivity index is 2.25. The number of carbonyl (C=O) groups is 1. The van der Waals surface area contributed by atoms with E-state index in [0.29, 0.717) is 28.8 Å². The first-order chi connectivity index (χ1) is 9.02. The summed E-state index contributed by atoms with van der Waals surface area (Å²) in [6, 6.07) is 5.12. The number of hydrogen-bond donors (Lipinski definition) is 0. The predicted molar refractivity (Wildman–Crippen MR) is 80.5 cm³/mol. The molecule has 0 amide bonds. The molecule has 0 aliphatic rings. The number of esters is 1. The van der Waals surface area contributed by atoms with Gasteiger partial charge in [0.05, 0.1) is 25.2 Å². The lowest BCUT2D eigenvalue weighted by atomic mass is 10.3. The zero-order chi connectivity index (χ0) is 14.3. The molecule has 0 fully saturated rings. The topological polar surface area (TPSA) is 35.5 Å². The van der Waals surface area contributed by atoms with Crippen LogP contribution in [-0.4, -0.2) is 30.7 Å². The molecule has 0 spiro atoms. The Hall–Kier alpha value is -0.580. The number of carbonyl (C=O) groups excluding carboxylic acids is 1. The molecule has 0 radical (unpaired) electrons. The molecular formula is C13H16Cl2O3S. The number of methoxy groups -OCH3 is 1. The van der Waals surface area contributed by atoms with Crippen molar-refractivity contribution in [2.45, 2.75) is 18.6 Å².